The zero-order valence-corrected chi connectivity index (χ0v) is 7.84. The summed E-state index contributed by atoms with van der Waals surface area (Å²) < 4.78 is 22.0. The molecule has 0 saturated heterocycles. The number of nitrogens with two attached hydrogens (primary N) is 2. The second-order valence-electron chi connectivity index (χ2n) is 2.58. The number of rotatable bonds is 6. The van der Waals surface area contributed by atoms with Crippen molar-refractivity contribution >= 4 is 21.7 Å². The summed E-state index contributed by atoms with van der Waals surface area (Å²) >= 11 is 0. The largest absolute Gasteiger partial charge is 0.370 e. The van der Waals surface area contributed by atoms with Crippen molar-refractivity contribution in [2.24, 2.45) is 11.5 Å². The number of amides is 2. The van der Waals surface area contributed by atoms with Crippen LogP contribution in [0.1, 0.15) is 12.8 Å². The highest BCUT2D eigenvalue weighted by atomic mass is 32.2. The van der Waals surface area contributed by atoms with Gasteiger partial charge >= 0.3 is 0 Å². The second-order valence-corrected chi connectivity index (χ2v) is 4.89. The van der Waals surface area contributed by atoms with E-state index in [-0.39, 0.29) is 24.3 Å². The Morgan fingerprint density at radius 3 is 1.46 bits per heavy atom. The number of primary amides is 2. The number of carbonyl (C=O) groups is 2. The molecule has 0 aliphatic carbocycles. The molecule has 0 aromatic heterocycles. The van der Waals surface area contributed by atoms with Gasteiger partial charge in [0.05, 0.1) is 11.5 Å². The summed E-state index contributed by atoms with van der Waals surface area (Å²) in [7, 11) is -3.37. The van der Waals surface area contributed by atoms with Crippen LogP contribution in [0, 0.1) is 0 Å². The van der Waals surface area contributed by atoms with Crippen LogP contribution in [0.2, 0.25) is 0 Å². The van der Waals surface area contributed by atoms with Crippen molar-refractivity contribution in [1.82, 2.24) is 0 Å². The monoisotopic (exact) mass is 208 g/mol. The lowest BCUT2D eigenvalue weighted by Crippen LogP contribution is -2.22. The molecule has 0 aliphatic rings. The van der Waals surface area contributed by atoms with E-state index >= 15 is 0 Å². The molecule has 0 radical (unpaired) electrons. The lowest BCUT2D eigenvalue weighted by atomic mass is 10.5. The lowest BCUT2D eigenvalue weighted by molar-refractivity contribution is -0.118. The molecule has 76 valence electrons. The lowest BCUT2D eigenvalue weighted by Gasteiger charge is -1.99. The smallest absolute Gasteiger partial charge is 0.218 e. The standard InChI is InChI=1S/C6H12N2O4S/c7-5(9)1-3-13(11,12)4-2-6(8)10/h1-4H2,(H2,7,9)(H2,8,10). The van der Waals surface area contributed by atoms with Crippen LogP contribution in [0.3, 0.4) is 0 Å². The Kier molecular flexibility index (Phi) is 4.39. The number of sulfone groups is 1. The van der Waals surface area contributed by atoms with Gasteiger partial charge in [0, 0.05) is 12.8 Å². The van der Waals surface area contributed by atoms with E-state index in [2.05, 4.69) is 0 Å². The molecule has 0 aromatic carbocycles. The fourth-order valence-corrected chi connectivity index (χ4v) is 1.84. The molecule has 13 heavy (non-hydrogen) atoms. The highest BCUT2D eigenvalue weighted by Gasteiger charge is 2.13. The van der Waals surface area contributed by atoms with Crippen molar-refractivity contribution in [2.75, 3.05) is 11.5 Å². The van der Waals surface area contributed by atoms with Gasteiger partial charge in [0.1, 0.15) is 0 Å². The molecule has 0 rings (SSSR count). The molecule has 4 N–H and O–H groups in total. The van der Waals surface area contributed by atoms with E-state index in [1.807, 2.05) is 0 Å². The van der Waals surface area contributed by atoms with Gasteiger partial charge < -0.3 is 11.5 Å². The number of hydrogen-bond acceptors (Lipinski definition) is 4. The van der Waals surface area contributed by atoms with E-state index < -0.39 is 21.7 Å². The predicted octanol–water partition coefficient (Wildman–Crippen LogP) is -1.85. The van der Waals surface area contributed by atoms with Crippen LogP contribution in [-0.4, -0.2) is 31.7 Å². The van der Waals surface area contributed by atoms with Crippen LogP contribution in [0.4, 0.5) is 0 Å². The Balaban J connectivity index is 3.95. The fraction of sp³-hybridized carbons (Fsp3) is 0.667. The summed E-state index contributed by atoms with van der Waals surface area (Å²) in [5, 5.41) is 0. The first-order valence-electron chi connectivity index (χ1n) is 3.60. The Morgan fingerprint density at radius 1 is 0.923 bits per heavy atom. The Bertz CT molecular complexity index is 272. The molecule has 6 nitrogen and oxygen atoms in total. The van der Waals surface area contributed by atoms with E-state index in [0.717, 1.165) is 0 Å². The molecule has 0 aromatic rings. The molecule has 2 amide bonds. The molecule has 0 aliphatic heterocycles. The van der Waals surface area contributed by atoms with E-state index in [1.165, 1.54) is 0 Å². The van der Waals surface area contributed by atoms with Gasteiger partial charge in [-0.1, -0.05) is 0 Å². The highest BCUT2D eigenvalue weighted by Crippen LogP contribution is 1.96. The second kappa shape index (κ2) is 4.80. The number of carbonyl (C=O) groups excluding carboxylic acids is 2. The molecule has 7 heteroatoms. The van der Waals surface area contributed by atoms with Gasteiger partial charge in [-0.25, -0.2) is 8.42 Å². The first-order valence-corrected chi connectivity index (χ1v) is 5.42. The van der Waals surface area contributed by atoms with Crippen molar-refractivity contribution in [1.29, 1.82) is 0 Å². The molecule has 0 heterocycles. The minimum Gasteiger partial charge on any atom is -0.370 e. The molecular formula is C6H12N2O4S. The van der Waals surface area contributed by atoms with Gasteiger partial charge in [-0.2, -0.15) is 0 Å². The predicted molar refractivity (Wildman–Crippen MR) is 46.3 cm³/mol. The number of hydrogen-bond donors (Lipinski definition) is 2. The quantitative estimate of drug-likeness (QED) is 0.532. The molecule has 0 saturated carbocycles. The van der Waals surface area contributed by atoms with Crippen LogP contribution >= 0.6 is 0 Å². The third-order valence-electron chi connectivity index (χ3n) is 1.32. The summed E-state index contributed by atoms with van der Waals surface area (Å²) in [5.41, 5.74) is 9.52. The Morgan fingerprint density at radius 2 is 1.23 bits per heavy atom. The minimum atomic E-state index is -3.37. The third-order valence-corrected chi connectivity index (χ3v) is 2.97. The van der Waals surface area contributed by atoms with Gasteiger partial charge in [-0.3, -0.25) is 9.59 Å². The zero-order valence-electron chi connectivity index (χ0n) is 7.02. The van der Waals surface area contributed by atoms with Crippen LogP contribution in [0.25, 0.3) is 0 Å². The molecule has 0 spiro atoms. The fourth-order valence-electron chi connectivity index (χ4n) is 0.614. The third kappa shape index (κ3) is 7.26. The summed E-state index contributed by atoms with van der Waals surface area (Å²) in [5.74, 6) is -2.00. The van der Waals surface area contributed by atoms with E-state index in [0.29, 0.717) is 0 Å². The molecular weight excluding hydrogens is 196 g/mol. The van der Waals surface area contributed by atoms with Crippen molar-refractivity contribution in [3.63, 3.8) is 0 Å². The van der Waals surface area contributed by atoms with Gasteiger partial charge in [0.2, 0.25) is 11.8 Å². The molecule has 0 bridgehead atoms. The van der Waals surface area contributed by atoms with E-state index in [4.69, 9.17) is 11.5 Å². The van der Waals surface area contributed by atoms with Gasteiger partial charge in [-0.15, -0.1) is 0 Å². The van der Waals surface area contributed by atoms with Crippen LogP contribution in [-0.2, 0) is 19.4 Å². The van der Waals surface area contributed by atoms with Gasteiger partial charge in [-0.05, 0) is 0 Å². The molecule has 0 unspecified atom stereocenters. The highest BCUT2D eigenvalue weighted by molar-refractivity contribution is 7.91. The maximum Gasteiger partial charge on any atom is 0.218 e. The molecule has 0 atom stereocenters. The maximum absolute atomic E-state index is 11.0. The zero-order chi connectivity index (χ0) is 10.5. The average Bonchev–Trinajstić information content (AvgIpc) is 1.98. The summed E-state index contributed by atoms with van der Waals surface area (Å²) in [6.07, 6.45) is -0.442. The summed E-state index contributed by atoms with van der Waals surface area (Å²) in [4.78, 5) is 20.5. The van der Waals surface area contributed by atoms with Crippen molar-refractivity contribution in [2.45, 2.75) is 12.8 Å². The van der Waals surface area contributed by atoms with Crippen molar-refractivity contribution in [3.05, 3.63) is 0 Å². The van der Waals surface area contributed by atoms with E-state index in [1.54, 1.807) is 0 Å². The topological polar surface area (TPSA) is 120 Å². The Labute approximate surface area is 76.2 Å². The average molecular weight is 208 g/mol. The summed E-state index contributed by atoms with van der Waals surface area (Å²) in [6.45, 7) is 0. The normalized spacial score (nSPS) is 11.1. The van der Waals surface area contributed by atoms with Crippen molar-refractivity contribution in [3.8, 4) is 0 Å². The first kappa shape index (κ1) is 11.9. The minimum absolute atomic E-state index is 0.221. The Hall–Kier alpha value is -1.11. The van der Waals surface area contributed by atoms with Crippen molar-refractivity contribution < 1.29 is 18.0 Å². The van der Waals surface area contributed by atoms with Crippen LogP contribution in [0.15, 0.2) is 0 Å². The SMILES string of the molecule is NC(=O)CCS(=O)(=O)CCC(N)=O. The van der Waals surface area contributed by atoms with Gasteiger partial charge in [0.25, 0.3) is 0 Å². The van der Waals surface area contributed by atoms with Gasteiger partial charge in [0.15, 0.2) is 9.84 Å². The van der Waals surface area contributed by atoms with Crippen LogP contribution < -0.4 is 11.5 Å². The first-order chi connectivity index (χ1) is 5.83. The summed E-state index contributed by atoms with van der Waals surface area (Å²) in [6, 6.07) is 0. The van der Waals surface area contributed by atoms with Crippen LogP contribution in [0.5, 0.6) is 0 Å². The molecule has 0 fully saturated rings. The maximum atomic E-state index is 11.0. The van der Waals surface area contributed by atoms with E-state index in [9.17, 15) is 18.0 Å².